The van der Waals surface area contributed by atoms with Crippen LogP contribution < -0.4 is 4.74 Å². The Labute approximate surface area is 203 Å². The van der Waals surface area contributed by atoms with E-state index in [9.17, 15) is 26.3 Å². The summed E-state index contributed by atoms with van der Waals surface area (Å²) in [7, 11) is 3.07. The quantitative estimate of drug-likeness (QED) is 0.129. The normalized spacial score (nSPS) is 12.7. The maximum atomic E-state index is 14.0. The average Bonchev–Trinajstić information content (AvgIpc) is 2.78. The second kappa shape index (κ2) is 12.7. The first-order valence-electron chi connectivity index (χ1n) is 11.6. The summed E-state index contributed by atoms with van der Waals surface area (Å²) in [4.78, 5) is 0. The number of rotatable bonds is 13. The summed E-state index contributed by atoms with van der Waals surface area (Å²) < 4.78 is 98.3. The van der Waals surface area contributed by atoms with Gasteiger partial charge in [0.05, 0.1) is 6.61 Å². The van der Waals surface area contributed by atoms with Gasteiger partial charge in [-0.1, -0.05) is 62.8 Å². The van der Waals surface area contributed by atoms with E-state index in [2.05, 4.69) is 17.3 Å². The fourth-order valence-electron chi connectivity index (χ4n) is 3.93. The van der Waals surface area contributed by atoms with Crippen molar-refractivity contribution in [3.05, 3.63) is 53.6 Å². The van der Waals surface area contributed by atoms with Crippen LogP contribution >= 0.6 is 0 Å². The zero-order valence-electron chi connectivity index (χ0n) is 20.2. The molecule has 0 heterocycles. The van der Waals surface area contributed by atoms with E-state index in [1.807, 2.05) is 0 Å². The molecule has 10 heteroatoms. The molecule has 2 aromatic rings. The standard InChI is InChI=1S/C25H31BF6O3/c1-3-8-18-15-20(23(24(27,28)29,25(30,31)32)35-17-33-2)11-12-22(18)19-9-7-10-21(16-19)34-14-6-4-5-13-26/h7,9-12,15-16H,3-6,8,13-14,17,26H2,1-2H3. The molecule has 0 amide bonds. The highest BCUT2D eigenvalue weighted by atomic mass is 19.4. The van der Waals surface area contributed by atoms with Crippen LogP contribution in [-0.2, 0) is 21.5 Å². The third-order valence-electron chi connectivity index (χ3n) is 5.63. The van der Waals surface area contributed by atoms with E-state index in [-0.39, 0.29) is 6.42 Å². The van der Waals surface area contributed by atoms with Crippen LogP contribution in [-0.4, -0.2) is 40.7 Å². The van der Waals surface area contributed by atoms with Crippen LogP contribution in [0.1, 0.15) is 43.7 Å². The van der Waals surface area contributed by atoms with Gasteiger partial charge in [0.15, 0.2) is 0 Å². The minimum atomic E-state index is -5.76. The minimum Gasteiger partial charge on any atom is -0.494 e. The van der Waals surface area contributed by atoms with Crippen molar-refractivity contribution in [3.8, 4) is 16.9 Å². The molecule has 2 rings (SSSR count). The van der Waals surface area contributed by atoms with Crippen LogP contribution in [0.5, 0.6) is 5.75 Å². The fourth-order valence-corrected chi connectivity index (χ4v) is 3.93. The number of alkyl halides is 6. The van der Waals surface area contributed by atoms with Gasteiger partial charge >= 0.3 is 12.4 Å². The van der Waals surface area contributed by atoms with E-state index in [0.29, 0.717) is 35.5 Å². The van der Waals surface area contributed by atoms with Crippen molar-refractivity contribution in [1.29, 1.82) is 0 Å². The predicted molar refractivity (Wildman–Crippen MR) is 125 cm³/mol. The number of hydrogen-bond donors (Lipinski definition) is 0. The summed E-state index contributed by atoms with van der Waals surface area (Å²) in [6, 6.07) is 10.1. The number of hydrogen-bond acceptors (Lipinski definition) is 3. The molecule has 0 saturated carbocycles. The third-order valence-corrected chi connectivity index (χ3v) is 5.63. The lowest BCUT2D eigenvalue weighted by molar-refractivity contribution is -0.400. The monoisotopic (exact) mass is 504 g/mol. The van der Waals surface area contributed by atoms with E-state index in [4.69, 9.17) is 4.74 Å². The van der Waals surface area contributed by atoms with Gasteiger partial charge in [-0.05, 0) is 41.7 Å². The molecule has 0 spiro atoms. The van der Waals surface area contributed by atoms with Gasteiger partial charge in [0, 0.05) is 12.7 Å². The van der Waals surface area contributed by atoms with Crippen LogP contribution in [0.15, 0.2) is 42.5 Å². The molecule has 0 aliphatic carbocycles. The first-order chi connectivity index (χ1) is 16.5. The van der Waals surface area contributed by atoms with Crippen LogP contribution in [0.4, 0.5) is 26.3 Å². The molecular formula is C25H31BF6O3. The molecule has 0 radical (unpaired) electrons. The summed E-state index contributed by atoms with van der Waals surface area (Å²) in [6.45, 7) is 1.15. The molecular weight excluding hydrogens is 473 g/mol. The van der Waals surface area contributed by atoms with Gasteiger partial charge < -0.3 is 14.2 Å². The van der Waals surface area contributed by atoms with Gasteiger partial charge in [-0.2, -0.15) is 26.3 Å². The van der Waals surface area contributed by atoms with E-state index < -0.39 is 30.3 Å². The molecule has 0 bridgehead atoms. The molecule has 3 nitrogen and oxygen atoms in total. The molecule has 0 atom stereocenters. The van der Waals surface area contributed by atoms with Crippen molar-refractivity contribution in [1.82, 2.24) is 0 Å². The highest BCUT2D eigenvalue weighted by Crippen LogP contribution is 2.53. The molecule has 35 heavy (non-hydrogen) atoms. The summed E-state index contributed by atoms with van der Waals surface area (Å²) >= 11 is 0. The minimum absolute atomic E-state index is 0.279. The molecule has 0 aliphatic heterocycles. The van der Waals surface area contributed by atoms with Crippen molar-refractivity contribution < 1.29 is 40.6 Å². The summed E-state index contributed by atoms with van der Waals surface area (Å²) in [5.41, 5.74) is -4.01. The molecule has 0 aliphatic rings. The fraction of sp³-hybridized carbons (Fsp3) is 0.520. The molecule has 0 unspecified atom stereocenters. The van der Waals surface area contributed by atoms with Gasteiger partial charge in [0.1, 0.15) is 20.4 Å². The highest BCUT2D eigenvalue weighted by molar-refractivity contribution is 6.08. The van der Waals surface area contributed by atoms with E-state index in [1.165, 1.54) is 6.07 Å². The number of benzene rings is 2. The van der Waals surface area contributed by atoms with Crippen molar-refractivity contribution in [2.45, 2.75) is 63.3 Å². The Kier molecular flexibility index (Phi) is 10.5. The Balaban J connectivity index is 2.50. The number of unbranched alkanes of at least 4 members (excludes halogenated alkanes) is 2. The van der Waals surface area contributed by atoms with Crippen LogP contribution in [0, 0.1) is 0 Å². The largest absolute Gasteiger partial charge is 0.494 e. The smallest absolute Gasteiger partial charge is 0.430 e. The lowest BCUT2D eigenvalue weighted by Crippen LogP contribution is -2.56. The average molecular weight is 504 g/mol. The zero-order valence-corrected chi connectivity index (χ0v) is 20.2. The van der Waals surface area contributed by atoms with Crippen molar-refractivity contribution in [2.24, 2.45) is 0 Å². The molecule has 2 aromatic carbocycles. The van der Waals surface area contributed by atoms with Gasteiger partial charge in [0.2, 0.25) is 0 Å². The second-order valence-electron chi connectivity index (χ2n) is 8.29. The number of methoxy groups -OCH3 is 1. The van der Waals surface area contributed by atoms with E-state index >= 15 is 0 Å². The van der Waals surface area contributed by atoms with Crippen LogP contribution in [0.25, 0.3) is 11.1 Å². The van der Waals surface area contributed by atoms with Crippen molar-refractivity contribution in [3.63, 3.8) is 0 Å². The number of aryl methyl sites for hydroxylation is 1. The summed E-state index contributed by atoms with van der Waals surface area (Å²) in [5.74, 6) is 0.592. The molecule has 0 fully saturated rings. The van der Waals surface area contributed by atoms with Gasteiger partial charge in [-0.15, -0.1) is 0 Å². The lowest BCUT2D eigenvalue weighted by Gasteiger charge is -2.37. The third kappa shape index (κ3) is 6.94. The number of ether oxygens (including phenoxy) is 3. The van der Waals surface area contributed by atoms with Crippen LogP contribution in [0.2, 0.25) is 6.32 Å². The highest BCUT2D eigenvalue weighted by Gasteiger charge is 2.73. The van der Waals surface area contributed by atoms with E-state index in [1.54, 1.807) is 31.2 Å². The Morgan fingerprint density at radius 2 is 1.60 bits per heavy atom. The Bertz CT molecular complexity index is 916. The zero-order chi connectivity index (χ0) is 26.1. The first-order valence-corrected chi connectivity index (χ1v) is 11.6. The number of halogens is 6. The maximum absolute atomic E-state index is 14.0. The summed E-state index contributed by atoms with van der Waals surface area (Å²) in [6.07, 6.45) is -6.57. The van der Waals surface area contributed by atoms with Gasteiger partial charge in [-0.3, -0.25) is 0 Å². The molecule has 0 saturated heterocycles. The Morgan fingerprint density at radius 3 is 2.20 bits per heavy atom. The second-order valence-corrected chi connectivity index (χ2v) is 8.29. The summed E-state index contributed by atoms with van der Waals surface area (Å²) in [5, 5.41) is 0. The van der Waals surface area contributed by atoms with Crippen molar-refractivity contribution >= 4 is 7.85 Å². The van der Waals surface area contributed by atoms with Gasteiger partial charge in [-0.25, -0.2) is 0 Å². The topological polar surface area (TPSA) is 27.7 Å². The van der Waals surface area contributed by atoms with Crippen LogP contribution in [0.3, 0.4) is 0 Å². The maximum Gasteiger partial charge on any atom is 0.430 e. The Hall–Kier alpha value is -2.20. The SMILES string of the molecule is BCCCCCOc1cccc(-c2ccc(C(OCOC)(C(F)(F)F)C(F)(F)F)cc2CCC)c1. The predicted octanol–water partition coefficient (Wildman–Crippen LogP) is 6.85. The molecule has 0 N–H and O–H groups in total. The van der Waals surface area contributed by atoms with E-state index in [0.717, 1.165) is 44.8 Å². The Morgan fingerprint density at radius 1 is 0.886 bits per heavy atom. The molecule has 194 valence electrons. The van der Waals surface area contributed by atoms with Gasteiger partial charge in [0.25, 0.3) is 5.60 Å². The lowest BCUT2D eigenvalue weighted by atomic mass is 9.86. The molecule has 0 aromatic heterocycles. The first kappa shape index (κ1) is 29.0. The van der Waals surface area contributed by atoms with Crippen molar-refractivity contribution in [2.75, 3.05) is 20.5 Å².